The number of aliphatic imine (C=N–C) groups is 2. The van der Waals surface area contributed by atoms with E-state index in [4.69, 9.17) is 19.5 Å². The summed E-state index contributed by atoms with van der Waals surface area (Å²) in [6.45, 7) is 9.91. The monoisotopic (exact) mass is 1350 g/mol. The summed E-state index contributed by atoms with van der Waals surface area (Å²) in [5, 5.41) is 23.6. The summed E-state index contributed by atoms with van der Waals surface area (Å²) >= 11 is 9.68. The molecule has 6 N–H and O–H groups in total. The molecule has 8 rings (SSSR count). The largest absolute Gasteiger partial charge is 0.463 e. The molecule has 5 heterocycles. The van der Waals surface area contributed by atoms with Crippen molar-refractivity contribution in [1.82, 2.24) is 46.0 Å². The van der Waals surface area contributed by atoms with E-state index in [0.717, 1.165) is 12.1 Å². The molecule has 0 saturated carbocycles. The van der Waals surface area contributed by atoms with Crippen molar-refractivity contribution in [3.8, 4) is 0 Å². The van der Waals surface area contributed by atoms with Gasteiger partial charge in [0.1, 0.15) is 29.4 Å². The molecule has 2 aliphatic heterocycles. The lowest BCUT2D eigenvalue weighted by atomic mass is 9.95. The van der Waals surface area contributed by atoms with Gasteiger partial charge in [-0.3, -0.25) is 24.4 Å². The van der Waals surface area contributed by atoms with Crippen LogP contribution in [-0.4, -0.2) is 126 Å². The first-order valence-electron chi connectivity index (χ1n) is 27.5. The van der Waals surface area contributed by atoms with Crippen LogP contribution < -0.4 is 31.9 Å². The summed E-state index contributed by atoms with van der Waals surface area (Å²) in [5.41, 5.74) is 3.34. The maximum atomic E-state index is 14.4. The van der Waals surface area contributed by atoms with E-state index in [0.29, 0.717) is 111 Å². The summed E-state index contributed by atoms with van der Waals surface area (Å²) in [4.78, 5) is 89.1. The van der Waals surface area contributed by atoms with Gasteiger partial charge < -0.3 is 50.8 Å². The maximum Gasteiger partial charge on any atom is 0.338 e. The van der Waals surface area contributed by atoms with E-state index in [1.54, 1.807) is 52.3 Å². The number of nitrogens with one attached hydrogen (secondary N) is 6. The molecule has 2 unspecified atom stereocenters. The molecule has 19 nitrogen and oxygen atoms in total. The maximum absolute atomic E-state index is 14.4. The number of esters is 2. The fraction of sp³-hybridized carbons (Fsp3) is 0.339. The summed E-state index contributed by atoms with van der Waals surface area (Å²) < 4.78 is 69.7. The lowest BCUT2D eigenvalue weighted by molar-refractivity contribution is -0.139. The number of halogens is 6. The van der Waals surface area contributed by atoms with Crippen LogP contribution in [0.4, 0.5) is 23.2 Å². The second-order valence-corrected chi connectivity index (χ2v) is 23.2. The summed E-state index contributed by atoms with van der Waals surface area (Å²) in [6.07, 6.45) is 4.98. The van der Waals surface area contributed by atoms with Crippen molar-refractivity contribution in [1.29, 1.82) is 0 Å². The fourth-order valence-electron chi connectivity index (χ4n) is 9.88. The Morgan fingerprint density at radius 1 is 0.686 bits per heavy atom. The molecule has 2 aliphatic rings. The number of ether oxygens (including phenoxy) is 2. The Hall–Kier alpha value is -7.27. The molecule has 454 valence electrons. The van der Waals surface area contributed by atoms with Crippen LogP contribution in [0.15, 0.2) is 119 Å². The molecule has 27 heteroatoms. The van der Waals surface area contributed by atoms with E-state index in [1.807, 2.05) is 10.8 Å². The second kappa shape index (κ2) is 30.4. The Morgan fingerprint density at radius 3 is 1.64 bits per heavy atom. The Kier molecular flexibility index (Phi) is 22.9. The van der Waals surface area contributed by atoms with Gasteiger partial charge in [-0.15, -0.1) is 22.7 Å². The number of nitrogens with zero attached hydrogens (tertiary/aromatic N) is 6. The zero-order chi connectivity index (χ0) is 61.6. The molecule has 2 amide bonds. The van der Waals surface area contributed by atoms with Crippen molar-refractivity contribution in [2.45, 2.75) is 59.0 Å². The quantitative estimate of drug-likeness (QED) is 0.00885. The molecule has 0 spiro atoms. The highest BCUT2D eigenvalue weighted by Crippen LogP contribution is 2.39. The predicted molar refractivity (Wildman–Crippen MR) is 327 cm³/mol. The first-order chi connectivity index (χ1) is 41.4. The molecular formula is C59H62Br2F4N12O7S2. The van der Waals surface area contributed by atoms with Crippen LogP contribution >= 0.6 is 54.5 Å². The van der Waals surface area contributed by atoms with Gasteiger partial charge in [-0.1, -0.05) is 44.0 Å². The normalized spacial score (nSPS) is 15.0. The van der Waals surface area contributed by atoms with Crippen LogP contribution in [0.25, 0.3) is 0 Å². The topological polar surface area (TPSA) is 235 Å². The van der Waals surface area contributed by atoms with E-state index >= 15 is 0 Å². The molecule has 6 aromatic rings. The van der Waals surface area contributed by atoms with Gasteiger partial charge in [-0.05, 0) is 133 Å². The first-order valence-corrected chi connectivity index (χ1v) is 30.8. The fourth-order valence-corrected chi connectivity index (χ4v) is 12.2. The number of hydrogen-bond acceptors (Lipinski definition) is 18. The van der Waals surface area contributed by atoms with Gasteiger partial charge in [0, 0.05) is 87.6 Å². The highest BCUT2D eigenvalue weighted by Gasteiger charge is 2.36. The van der Waals surface area contributed by atoms with Gasteiger partial charge >= 0.3 is 11.9 Å². The Balaban J connectivity index is 0.953. The summed E-state index contributed by atoms with van der Waals surface area (Å²) in [7, 11) is 1.56. The van der Waals surface area contributed by atoms with Crippen LogP contribution in [0.1, 0.15) is 98.4 Å². The third kappa shape index (κ3) is 15.8. The van der Waals surface area contributed by atoms with Crippen molar-refractivity contribution >= 4 is 101 Å². The van der Waals surface area contributed by atoms with Gasteiger partial charge in [0.25, 0.3) is 17.6 Å². The zero-order valence-corrected chi connectivity index (χ0v) is 52.3. The number of amides is 2. The van der Waals surface area contributed by atoms with Gasteiger partial charge in [-0.2, -0.15) is 0 Å². The molecule has 0 saturated heterocycles. The minimum Gasteiger partial charge on any atom is -0.463 e. The zero-order valence-electron chi connectivity index (χ0n) is 47.5. The summed E-state index contributed by atoms with van der Waals surface area (Å²) in [6, 6.07) is 9.61. The van der Waals surface area contributed by atoms with Crippen LogP contribution in [-0.2, 0) is 30.9 Å². The van der Waals surface area contributed by atoms with E-state index in [9.17, 15) is 41.5 Å². The smallest absolute Gasteiger partial charge is 0.338 e. The van der Waals surface area contributed by atoms with Crippen molar-refractivity contribution in [3.63, 3.8) is 0 Å². The molecular weight excluding hydrogens is 1290 g/mol. The van der Waals surface area contributed by atoms with E-state index in [-0.39, 0.29) is 66.5 Å². The minimum absolute atomic E-state index is 0.00362. The Bertz CT molecular complexity index is 3460. The molecule has 0 bridgehead atoms. The molecule has 3 aromatic carbocycles. The van der Waals surface area contributed by atoms with Gasteiger partial charge in [0.2, 0.25) is 0 Å². The van der Waals surface area contributed by atoms with Gasteiger partial charge in [0.15, 0.2) is 33.3 Å². The van der Waals surface area contributed by atoms with Crippen molar-refractivity contribution in [2.24, 2.45) is 17.0 Å². The van der Waals surface area contributed by atoms with E-state index in [1.165, 1.54) is 64.5 Å². The van der Waals surface area contributed by atoms with Crippen LogP contribution in [0.3, 0.4) is 0 Å². The summed E-state index contributed by atoms with van der Waals surface area (Å²) in [5.74, 6) is -5.86. The van der Waals surface area contributed by atoms with Crippen LogP contribution in [0.5, 0.6) is 0 Å². The first kappa shape index (κ1) is 64.7. The van der Waals surface area contributed by atoms with Gasteiger partial charge in [0.05, 0.1) is 29.9 Å². The number of amidine groups is 2. The number of hydrogen-bond donors (Lipinski definition) is 6. The lowest BCUT2D eigenvalue weighted by Crippen LogP contribution is -2.39. The number of anilines is 1. The van der Waals surface area contributed by atoms with E-state index < -0.39 is 64.9 Å². The van der Waals surface area contributed by atoms with Crippen molar-refractivity contribution in [3.05, 3.63) is 176 Å². The number of carbonyl (C=O) groups is 5. The highest BCUT2D eigenvalue weighted by molar-refractivity contribution is 9.10. The number of thiazole rings is 2. The highest BCUT2D eigenvalue weighted by atomic mass is 79.9. The molecule has 0 aliphatic carbocycles. The predicted octanol–water partition coefficient (Wildman–Crippen LogP) is 9.06. The number of carbonyl (C=O) groups excluding carboxylic acids is 5. The number of benzene rings is 3. The number of aromatic nitrogens is 3. The van der Waals surface area contributed by atoms with Crippen LogP contribution in [0.2, 0.25) is 0 Å². The second-order valence-electron chi connectivity index (χ2n) is 19.7. The molecule has 0 fully saturated rings. The lowest BCUT2D eigenvalue weighted by Gasteiger charge is -2.28. The number of rotatable bonds is 28. The third-order valence-corrected chi connectivity index (χ3v) is 16.9. The molecule has 3 aromatic heterocycles. The third-order valence-electron chi connectivity index (χ3n) is 14.0. The minimum atomic E-state index is -1.15. The average Bonchev–Trinajstić information content (AvgIpc) is 1.49. The van der Waals surface area contributed by atoms with Gasteiger partial charge in [-0.25, -0.2) is 37.1 Å². The molecule has 0 radical (unpaired) electrons. The SMILES string of the molecule is CCOC(=O)C1=C(CNCCCN(CCCNCC2=C(C(=O)OCC)C(c3ccc(F)cc3Br)N=C(c3nccs3)N2)CCCNC(=O)C(=O)c2c(C)c(C(=O)Nc3ccc(F)c(F)c3)n(C)c2C)NC(c2nccs2)=NC1c1ccc(F)cc1Br. The number of Topliss-reactive ketones (excluding diaryl/α,β-unsaturated/α-hetero) is 1. The average molecular weight is 1350 g/mol. The standard InChI is InChI=1S/C59H62Br2F4N12O7S2/c1-6-83-58(81)46-43(72-52(56-69-20-25-85-56)74-48(46)37-14-11-34(62)27-39(37)60)30-66-17-8-22-77(24-10-19-68-55(80)51(78)45-32(3)50(76(5)33(45)4)54(79)71-36-13-16-41(64)42(65)29-36)23-9-18-67-31-44-47(59(82)84-7-2)49(38-15-12-35(63)28-40(38)61)75-53(73-44)57-70-21-26-86-57/h11-16,20-21,25-29,48-49,66-67H,6-10,17-19,22-24,30-31H2,1-5H3,(H,68,80)(H,71,79)(H,72,74)(H,73,75). The Labute approximate surface area is 518 Å². The van der Waals surface area contributed by atoms with E-state index in [2.05, 4.69) is 78.6 Å². The number of ketones is 1. The Morgan fingerprint density at radius 2 is 1.19 bits per heavy atom. The molecule has 86 heavy (non-hydrogen) atoms. The molecule has 2 atom stereocenters. The van der Waals surface area contributed by atoms with Crippen molar-refractivity contribution in [2.75, 3.05) is 70.9 Å². The van der Waals surface area contributed by atoms with Crippen molar-refractivity contribution < 1.29 is 51.0 Å². The van der Waals surface area contributed by atoms with Crippen LogP contribution in [0, 0.1) is 37.1 Å².